The second-order valence-electron chi connectivity index (χ2n) is 19.1. The standard InChI is InChI=1S/C46H68N2O6/c1-6-7-9-16-34-26-37-38(27-34)47-48-44(54-32(3)49)30-42(4)23-21-36(19-18-31(2)13-12-17-33-14-10-8-11-15-33)46(39(50)22-24-43(37,5)41(44)46)45(42,52)25-20-35-28-40(51)53-29-35/h8,10-11,14-15,21,23,28,31,34,36-39,41,47-48,50,52H,6-7,9,12-13,16-20,22,24-27,29-30H2,1-5H3/t31-,34+,36-,37-,38+,39+,41-,42-,43+,44+,45-,46-/m1/s1. The lowest BCUT2D eigenvalue weighted by atomic mass is 9.31. The van der Waals surface area contributed by atoms with Crippen molar-refractivity contribution in [3.8, 4) is 0 Å². The number of carbonyl (C=O) groups excluding carboxylic acids is 2. The summed E-state index contributed by atoms with van der Waals surface area (Å²) in [5.41, 5.74) is 5.13. The number of unbranched alkanes of at least 4 members (excludes halogenated alkanes) is 2. The van der Waals surface area contributed by atoms with E-state index in [9.17, 15) is 19.8 Å². The van der Waals surface area contributed by atoms with Crippen LogP contribution in [0.15, 0.2) is 54.1 Å². The van der Waals surface area contributed by atoms with E-state index in [0.717, 1.165) is 56.9 Å². The highest BCUT2D eigenvalue weighted by Gasteiger charge is 2.82. The van der Waals surface area contributed by atoms with Gasteiger partial charge in [-0.2, -0.15) is 0 Å². The number of nitrogens with one attached hydrogen (secondary N) is 2. The molecule has 4 aliphatic carbocycles. The number of rotatable bonds is 15. The molecular weight excluding hydrogens is 677 g/mol. The van der Waals surface area contributed by atoms with Gasteiger partial charge in [0, 0.05) is 42.2 Å². The number of fused-ring (bicyclic) bond motifs is 3. The predicted octanol–water partition coefficient (Wildman–Crippen LogP) is 8.12. The number of ether oxygens (including phenoxy) is 2. The van der Waals surface area contributed by atoms with Crippen LogP contribution in [0.5, 0.6) is 0 Å². The second kappa shape index (κ2) is 15.4. The Morgan fingerprint density at radius 1 is 1.07 bits per heavy atom. The second-order valence-corrected chi connectivity index (χ2v) is 19.1. The van der Waals surface area contributed by atoms with Crippen LogP contribution in [0.2, 0.25) is 0 Å². The Kier molecular flexibility index (Phi) is 11.3. The van der Waals surface area contributed by atoms with E-state index in [1.54, 1.807) is 6.08 Å². The predicted molar refractivity (Wildman–Crippen MR) is 211 cm³/mol. The fourth-order valence-corrected chi connectivity index (χ4v) is 13.4. The van der Waals surface area contributed by atoms with Crippen molar-refractivity contribution in [2.45, 2.75) is 161 Å². The normalized spacial score (nSPS) is 41.3. The molecule has 2 heterocycles. The minimum Gasteiger partial charge on any atom is -0.458 e. The molecule has 4 fully saturated rings. The molecule has 298 valence electrons. The average Bonchev–Trinajstić information content (AvgIpc) is 3.73. The van der Waals surface area contributed by atoms with Gasteiger partial charge in [0.1, 0.15) is 6.61 Å². The van der Waals surface area contributed by atoms with Crippen LogP contribution in [0.3, 0.4) is 0 Å². The van der Waals surface area contributed by atoms with Crippen molar-refractivity contribution in [2.75, 3.05) is 6.61 Å². The fraction of sp³-hybridized carbons (Fsp3) is 0.739. The maximum absolute atomic E-state index is 14.0. The third-order valence-corrected chi connectivity index (χ3v) is 15.7. The van der Waals surface area contributed by atoms with Crippen LogP contribution in [-0.2, 0) is 25.5 Å². The molecule has 8 nitrogen and oxygen atoms in total. The first-order valence-electron chi connectivity index (χ1n) is 21.5. The molecular formula is C46H68N2O6. The molecule has 0 amide bonds. The molecule has 0 aromatic heterocycles. The lowest BCUT2D eigenvalue weighted by Crippen LogP contribution is -2.83. The van der Waals surface area contributed by atoms with Crippen LogP contribution in [0.1, 0.15) is 136 Å². The molecule has 1 spiro atoms. The SMILES string of the molecule is CCCCC[C@@H]1C[C@@H]2NN[C@]3(OC(C)=O)C[C@@]4(C)C=C[C@@H](CC[C@H](C)CCCc5ccccc5)[C@]5([C@@H](O)CC[C@@](C)([C@@H]2C1)[C@@H]53)[C@@]4(O)CCC1=CC(=O)OC1. The van der Waals surface area contributed by atoms with E-state index in [1.807, 2.05) is 0 Å². The van der Waals surface area contributed by atoms with Crippen LogP contribution in [0.25, 0.3) is 0 Å². The Labute approximate surface area is 324 Å². The van der Waals surface area contributed by atoms with Crippen LogP contribution in [-0.4, -0.2) is 52.2 Å². The number of benzene rings is 1. The molecule has 2 aliphatic heterocycles. The molecule has 6 aliphatic rings. The van der Waals surface area contributed by atoms with Gasteiger partial charge in [0.25, 0.3) is 0 Å². The quantitative estimate of drug-likeness (QED) is 0.0809. The van der Waals surface area contributed by atoms with Gasteiger partial charge < -0.3 is 19.7 Å². The number of allylic oxidation sites excluding steroid dienone is 1. The van der Waals surface area contributed by atoms with E-state index >= 15 is 0 Å². The smallest absolute Gasteiger partial charge is 0.331 e. The summed E-state index contributed by atoms with van der Waals surface area (Å²) in [6.07, 6.45) is 20.2. The van der Waals surface area contributed by atoms with Gasteiger partial charge in [0.2, 0.25) is 0 Å². The summed E-state index contributed by atoms with van der Waals surface area (Å²) >= 11 is 0. The van der Waals surface area contributed by atoms with Crippen molar-refractivity contribution >= 4 is 11.9 Å². The molecule has 54 heavy (non-hydrogen) atoms. The average molecular weight is 745 g/mol. The van der Waals surface area contributed by atoms with Crippen LogP contribution >= 0.6 is 0 Å². The summed E-state index contributed by atoms with van der Waals surface area (Å²) in [4.78, 5) is 25.5. The Bertz CT molecular complexity index is 1580. The summed E-state index contributed by atoms with van der Waals surface area (Å²) in [6, 6.07) is 10.9. The van der Waals surface area contributed by atoms with Gasteiger partial charge in [0.15, 0.2) is 5.72 Å². The maximum Gasteiger partial charge on any atom is 0.331 e. The van der Waals surface area contributed by atoms with E-state index in [0.29, 0.717) is 43.4 Å². The summed E-state index contributed by atoms with van der Waals surface area (Å²) in [6.45, 7) is 10.9. The molecule has 1 saturated heterocycles. The zero-order chi connectivity index (χ0) is 38.4. The highest BCUT2D eigenvalue weighted by molar-refractivity contribution is 5.85. The van der Waals surface area contributed by atoms with Crippen molar-refractivity contribution in [3.05, 3.63) is 59.7 Å². The minimum absolute atomic E-state index is 0.141. The monoisotopic (exact) mass is 745 g/mol. The van der Waals surface area contributed by atoms with Gasteiger partial charge >= 0.3 is 11.9 Å². The lowest BCUT2D eigenvalue weighted by Gasteiger charge is -2.76. The number of cyclic esters (lactones) is 1. The molecule has 2 bridgehead atoms. The van der Waals surface area contributed by atoms with E-state index in [-0.39, 0.29) is 41.8 Å². The molecule has 0 unspecified atom stereocenters. The van der Waals surface area contributed by atoms with E-state index in [4.69, 9.17) is 9.47 Å². The van der Waals surface area contributed by atoms with E-state index in [1.165, 1.54) is 38.2 Å². The molecule has 1 aromatic rings. The number of hydrogen-bond donors (Lipinski definition) is 4. The van der Waals surface area contributed by atoms with Gasteiger partial charge in [-0.05, 0) is 98.0 Å². The van der Waals surface area contributed by atoms with Crippen LogP contribution < -0.4 is 10.9 Å². The number of aryl methyl sites for hydroxylation is 1. The van der Waals surface area contributed by atoms with Gasteiger partial charge in [-0.15, -0.1) is 0 Å². The first-order chi connectivity index (χ1) is 25.8. The third-order valence-electron chi connectivity index (χ3n) is 15.7. The summed E-state index contributed by atoms with van der Waals surface area (Å²) in [5.74, 6) is 0.194. The first-order valence-corrected chi connectivity index (χ1v) is 21.5. The van der Waals surface area contributed by atoms with E-state index < -0.39 is 28.3 Å². The highest BCUT2D eigenvalue weighted by atomic mass is 16.6. The number of esters is 2. The van der Waals surface area contributed by atoms with E-state index in [2.05, 4.69) is 81.0 Å². The fourth-order valence-electron chi connectivity index (χ4n) is 13.4. The van der Waals surface area contributed by atoms with Gasteiger partial charge in [-0.3, -0.25) is 10.2 Å². The molecule has 1 aromatic carbocycles. The van der Waals surface area contributed by atoms with Crippen molar-refractivity contribution < 1.29 is 29.3 Å². The number of hydrazine groups is 1. The molecule has 3 saturated carbocycles. The summed E-state index contributed by atoms with van der Waals surface area (Å²) < 4.78 is 12.0. The maximum atomic E-state index is 14.0. The summed E-state index contributed by atoms with van der Waals surface area (Å²) in [7, 11) is 0. The Morgan fingerprint density at radius 3 is 2.59 bits per heavy atom. The van der Waals surface area contributed by atoms with Gasteiger partial charge in [-0.25, -0.2) is 10.2 Å². The van der Waals surface area contributed by atoms with Crippen molar-refractivity contribution in [1.82, 2.24) is 10.9 Å². The van der Waals surface area contributed by atoms with Crippen molar-refractivity contribution in [1.29, 1.82) is 0 Å². The molecule has 4 N–H and O–H groups in total. The Morgan fingerprint density at radius 2 is 1.87 bits per heavy atom. The Hall–Kier alpha value is -2.52. The largest absolute Gasteiger partial charge is 0.458 e. The zero-order valence-corrected chi connectivity index (χ0v) is 33.7. The zero-order valence-electron chi connectivity index (χ0n) is 33.7. The van der Waals surface area contributed by atoms with Crippen molar-refractivity contribution in [2.24, 2.45) is 45.8 Å². The highest BCUT2D eigenvalue weighted by Crippen LogP contribution is 2.77. The number of aliphatic hydroxyl groups excluding tert-OH is 1. The van der Waals surface area contributed by atoms with Crippen molar-refractivity contribution in [3.63, 3.8) is 0 Å². The minimum atomic E-state index is -1.35. The number of carbonyl (C=O) groups is 2. The topological polar surface area (TPSA) is 117 Å². The summed E-state index contributed by atoms with van der Waals surface area (Å²) in [5, 5.41) is 27.0. The van der Waals surface area contributed by atoms with Gasteiger partial charge in [0.05, 0.1) is 11.7 Å². The lowest BCUT2D eigenvalue weighted by molar-refractivity contribution is -0.357. The first kappa shape index (κ1) is 39.7. The molecule has 12 atom stereocenters. The van der Waals surface area contributed by atoms with Crippen LogP contribution in [0.4, 0.5) is 0 Å². The Balaban J connectivity index is 1.30. The molecule has 7 rings (SSSR count). The molecule has 8 heteroatoms. The van der Waals surface area contributed by atoms with Gasteiger partial charge in [-0.1, -0.05) is 109 Å². The van der Waals surface area contributed by atoms with Crippen LogP contribution in [0, 0.1) is 45.8 Å². The third kappa shape index (κ3) is 6.73. The number of aliphatic hydroxyl groups is 2. The number of hydrogen-bond acceptors (Lipinski definition) is 8. The molecule has 0 radical (unpaired) electrons.